The number of piperazine rings is 1. The molecule has 9 nitrogen and oxygen atoms in total. The average molecular weight is 497 g/mol. The SMILES string of the molecule is CCOC(=O)N1CCN(C(=NCC(=O)N(C)C)NCC2CCOC2)CC1.I. The Balaban J connectivity index is 0.00000364. The van der Waals surface area contributed by atoms with Crippen molar-refractivity contribution in [3.8, 4) is 0 Å². The van der Waals surface area contributed by atoms with Crippen molar-refractivity contribution in [3.63, 3.8) is 0 Å². The molecule has 0 aromatic heterocycles. The van der Waals surface area contributed by atoms with Crippen LogP contribution in [0.15, 0.2) is 4.99 Å². The third kappa shape index (κ3) is 7.68. The molecule has 0 radical (unpaired) electrons. The molecular weight excluding hydrogens is 465 g/mol. The summed E-state index contributed by atoms with van der Waals surface area (Å²) in [4.78, 5) is 33.6. The largest absolute Gasteiger partial charge is 0.450 e. The van der Waals surface area contributed by atoms with E-state index in [1.54, 1.807) is 25.9 Å². The van der Waals surface area contributed by atoms with Crippen molar-refractivity contribution in [1.29, 1.82) is 0 Å². The highest BCUT2D eigenvalue weighted by atomic mass is 127. The molecule has 156 valence electrons. The number of carbonyl (C=O) groups is 2. The van der Waals surface area contributed by atoms with Gasteiger partial charge in [-0.2, -0.15) is 0 Å². The highest BCUT2D eigenvalue weighted by Crippen LogP contribution is 2.11. The number of rotatable bonds is 5. The number of guanidine groups is 1. The van der Waals surface area contributed by atoms with Crippen molar-refractivity contribution in [2.75, 3.05) is 73.2 Å². The first-order chi connectivity index (χ1) is 12.5. The molecule has 2 heterocycles. The van der Waals surface area contributed by atoms with Gasteiger partial charge in [0.25, 0.3) is 0 Å². The van der Waals surface area contributed by atoms with Crippen LogP contribution in [0.25, 0.3) is 0 Å². The number of halogens is 1. The molecule has 1 atom stereocenters. The highest BCUT2D eigenvalue weighted by molar-refractivity contribution is 14.0. The van der Waals surface area contributed by atoms with E-state index < -0.39 is 0 Å². The molecular formula is C17H32IN5O4. The van der Waals surface area contributed by atoms with Crippen molar-refractivity contribution in [2.45, 2.75) is 13.3 Å². The number of hydrogen-bond donors (Lipinski definition) is 1. The Hall–Kier alpha value is -1.30. The van der Waals surface area contributed by atoms with Gasteiger partial charge in [-0.15, -0.1) is 24.0 Å². The van der Waals surface area contributed by atoms with Gasteiger partial charge in [0.1, 0.15) is 6.54 Å². The summed E-state index contributed by atoms with van der Waals surface area (Å²) in [6.45, 7) is 7.08. The summed E-state index contributed by atoms with van der Waals surface area (Å²) in [7, 11) is 3.44. The van der Waals surface area contributed by atoms with E-state index in [1.807, 2.05) is 0 Å². The van der Waals surface area contributed by atoms with Gasteiger partial charge in [-0.1, -0.05) is 0 Å². The predicted molar refractivity (Wildman–Crippen MR) is 114 cm³/mol. The zero-order valence-corrected chi connectivity index (χ0v) is 18.8. The summed E-state index contributed by atoms with van der Waals surface area (Å²) in [5, 5.41) is 3.39. The van der Waals surface area contributed by atoms with Crippen LogP contribution in [-0.2, 0) is 14.3 Å². The molecule has 2 aliphatic heterocycles. The summed E-state index contributed by atoms with van der Waals surface area (Å²) < 4.78 is 10.5. The second kappa shape index (κ2) is 12.2. The minimum atomic E-state index is -0.274. The summed E-state index contributed by atoms with van der Waals surface area (Å²) in [6, 6.07) is 0. The van der Waals surface area contributed by atoms with Gasteiger partial charge in [-0.05, 0) is 13.3 Å². The van der Waals surface area contributed by atoms with E-state index in [9.17, 15) is 9.59 Å². The molecule has 0 spiro atoms. The molecule has 2 aliphatic rings. The lowest BCUT2D eigenvalue weighted by atomic mass is 10.1. The molecule has 27 heavy (non-hydrogen) atoms. The summed E-state index contributed by atoms with van der Waals surface area (Å²) >= 11 is 0. The maximum Gasteiger partial charge on any atom is 0.409 e. The first kappa shape index (κ1) is 23.7. The van der Waals surface area contributed by atoms with Gasteiger partial charge in [-0.3, -0.25) is 4.79 Å². The van der Waals surface area contributed by atoms with Crippen LogP contribution in [0.1, 0.15) is 13.3 Å². The second-order valence-electron chi connectivity index (χ2n) is 6.71. The van der Waals surface area contributed by atoms with Gasteiger partial charge in [0.15, 0.2) is 5.96 Å². The van der Waals surface area contributed by atoms with Crippen LogP contribution < -0.4 is 5.32 Å². The third-order valence-electron chi connectivity index (χ3n) is 4.54. The maximum absolute atomic E-state index is 11.9. The monoisotopic (exact) mass is 497 g/mol. The first-order valence-electron chi connectivity index (χ1n) is 9.24. The van der Waals surface area contributed by atoms with E-state index in [0.29, 0.717) is 38.7 Å². The lowest BCUT2D eigenvalue weighted by Crippen LogP contribution is -2.54. The van der Waals surface area contributed by atoms with Gasteiger partial charge in [0.2, 0.25) is 5.91 Å². The molecule has 2 rings (SSSR count). The zero-order chi connectivity index (χ0) is 18.9. The summed E-state index contributed by atoms with van der Waals surface area (Å²) in [5.74, 6) is 1.14. The Bertz CT molecular complexity index is 504. The summed E-state index contributed by atoms with van der Waals surface area (Å²) in [5.41, 5.74) is 0. The Kier molecular flexibility index (Phi) is 10.7. The van der Waals surface area contributed by atoms with Gasteiger partial charge < -0.3 is 29.5 Å². The molecule has 1 N–H and O–H groups in total. The number of carbonyl (C=O) groups excluding carboxylic acids is 2. The molecule has 2 saturated heterocycles. The number of likely N-dealkylation sites (N-methyl/N-ethyl adjacent to an activating group) is 1. The molecule has 2 fully saturated rings. The summed E-state index contributed by atoms with van der Waals surface area (Å²) in [6.07, 6.45) is 0.762. The normalized spacial score (nSPS) is 20.1. The van der Waals surface area contributed by atoms with Gasteiger partial charge in [-0.25, -0.2) is 9.79 Å². The topological polar surface area (TPSA) is 86.7 Å². The van der Waals surface area contributed by atoms with Crippen molar-refractivity contribution in [2.24, 2.45) is 10.9 Å². The zero-order valence-electron chi connectivity index (χ0n) is 16.5. The van der Waals surface area contributed by atoms with E-state index >= 15 is 0 Å². The molecule has 0 aromatic carbocycles. The van der Waals surface area contributed by atoms with E-state index in [4.69, 9.17) is 9.47 Å². The van der Waals surface area contributed by atoms with Crippen LogP contribution >= 0.6 is 24.0 Å². The second-order valence-corrected chi connectivity index (χ2v) is 6.71. The minimum Gasteiger partial charge on any atom is -0.450 e. The van der Waals surface area contributed by atoms with Crippen LogP contribution in [0.5, 0.6) is 0 Å². The Morgan fingerprint density at radius 2 is 1.89 bits per heavy atom. The van der Waals surface area contributed by atoms with Crippen LogP contribution in [0.3, 0.4) is 0 Å². The molecule has 10 heteroatoms. The third-order valence-corrected chi connectivity index (χ3v) is 4.54. The number of hydrogen-bond acceptors (Lipinski definition) is 5. The van der Waals surface area contributed by atoms with Crippen LogP contribution in [-0.4, -0.2) is 106 Å². The smallest absolute Gasteiger partial charge is 0.409 e. The standard InChI is InChI=1S/C17H31N5O4.HI/c1-4-26-17(24)22-8-6-21(7-9-22)16(19-12-15(23)20(2)3)18-11-14-5-10-25-13-14;/h14H,4-13H2,1-3H3,(H,18,19);1H. The lowest BCUT2D eigenvalue weighted by molar-refractivity contribution is -0.127. The minimum absolute atomic E-state index is 0. The van der Waals surface area contributed by atoms with Crippen molar-refractivity contribution < 1.29 is 19.1 Å². The number of nitrogens with zero attached hydrogens (tertiary/aromatic N) is 4. The van der Waals surface area contributed by atoms with E-state index in [0.717, 1.165) is 32.1 Å². The van der Waals surface area contributed by atoms with E-state index in [1.165, 1.54) is 4.90 Å². The Morgan fingerprint density at radius 1 is 1.22 bits per heavy atom. The molecule has 0 bridgehead atoms. The Labute approximate surface area is 178 Å². The van der Waals surface area contributed by atoms with Gasteiger partial charge in [0, 0.05) is 59.3 Å². The highest BCUT2D eigenvalue weighted by Gasteiger charge is 2.25. The van der Waals surface area contributed by atoms with E-state index in [2.05, 4.69) is 15.2 Å². The maximum atomic E-state index is 11.9. The number of amides is 2. The molecule has 0 saturated carbocycles. The quantitative estimate of drug-likeness (QED) is 0.337. The van der Waals surface area contributed by atoms with Gasteiger partial charge >= 0.3 is 6.09 Å². The first-order valence-corrected chi connectivity index (χ1v) is 9.24. The van der Waals surface area contributed by atoms with E-state index in [-0.39, 0.29) is 42.5 Å². The number of ether oxygens (including phenoxy) is 2. The van der Waals surface area contributed by atoms with Crippen LogP contribution in [0.4, 0.5) is 4.79 Å². The van der Waals surface area contributed by atoms with Crippen molar-refractivity contribution >= 4 is 41.9 Å². The molecule has 0 aliphatic carbocycles. The number of nitrogens with one attached hydrogen (secondary N) is 1. The predicted octanol–water partition coefficient (Wildman–Crippen LogP) is 0.449. The fourth-order valence-corrected chi connectivity index (χ4v) is 2.85. The van der Waals surface area contributed by atoms with Crippen LogP contribution in [0, 0.1) is 5.92 Å². The number of aliphatic imine (C=N–C) groups is 1. The molecule has 2 amide bonds. The van der Waals surface area contributed by atoms with Crippen LogP contribution in [0.2, 0.25) is 0 Å². The Morgan fingerprint density at radius 3 is 2.44 bits per heavy atom. The lowest BCUT2D eigenvalue weighted by Gasteiger charge is -2.36. The molecule has 0 aromatic rings. The molecule has 1 unspecified atom stereocenters. The fourth-order valence-electron chi connectivity index (χ4n) is 2.85. The van der Waals surface area contributed by atoms with Crippen molar-refractivity contribution in [3.05, 3.63) is 0 Å². The van der Waals surface area contributed by atoms with Crippen molar-refractivity contribution in [1.82, 2.24) is 20.0 Å². The van der Waals surface area contributed by atoms with Gasteiger partial charge in [0.05, 0.1) is 13.2 Å². The fraction of sp³-hybridized carbons (Fsp3) is 0.824. The average Bonchev–Trinajstić information content (AvgIpc) is 3.15.